The van der Waals surface area contributed by atoms with Crippen LogP contribution < -0.4 is 4.90 Å². The average molecular weight is 396 g/mol. The molecule has 2 amide bonds. The summed E-state index contributed by atoms with van der Waals surface area (Å²) >= 11 is 1.31. The van der Waals surface area contributed by atoms with Crippen LogP contribution in [0.5, 0.6) is 0 Å². The number of nitro groups is 1. The van der Waals surface area contributed by atoms with E-state index in [1.807, 2.05) is 24.3 Å². The molecule has 142 valence electrons. The molecule has 8 nitrogen and oxygen atoms in total. The second-order valence-corrected chi connectivity index (χ2v) is 7.38. The molecule has 28 heavy (non-hydrogen) atoms. The Morgan fingerprint density at radius 2 is 1.96 bits per heavy atom. The maximum absolute atomic E-state index is 13.3. The fourth-order valence-electron chi connectivity index (χ4n) is 3.17. The predicted octanol–water partition coefficient (Wildman–Crippen LogP) is 3.43. The highest BCUT2D eigenvalue weighted by Gasteiger charge is 2.31. The monoisotopic (exact) mass is 396 g/mol. The fourth-order valence-corrected chi connectivity index (χ4v) is 4.13. The number of para-hydroxylation sites is 2. The molecule has 0 bridgehead atoms. The van der Waals surface area contributed by atoms with Gasteiger partial charge in [0.25, 0.3) is 11.6 Å². The SMILES string of the molecule is O=C1CCCN1CN(C(=O)c1ccccc1[N+](=O)[O-])c1nc2ccccc2s1. The number of likely N-dealkylation sites (tertiary alicyclic amines) is 1. The first-order valence-corrected chi connectivity index (χ1v) is 9.55. The number of thiazole rings is 1. The topological polar surface area (TPSA) is 96.7 Å². The van der Waals surface area contributed by atoms with Crippen molar-refractivity contribution in [1.29, 1.82) is 0 Å². The smallest absolute Gasteiger partial charge is 0.282 e. The molecule has 0 aliphatic carbocycles. The van der Waals surface area contributed by atoms with Gasteiger partial charge in [-0.15, -0.1) is 0 Å². The molecule has 4 rings (SSSR count). The Morgan fingerprint density at radius 1 is 1.21 bits per heavy atom. The Morgan fingerprint density at radius 3 is 2.68 bits per heavy atom. The number of hydrogen-bond donors (Lipinski definition) is 0. The van der Waals surface area contributed by atoms with E-state index >= 15 is 0 Å². The number of aromatic nitrogens is 1. The molecule has 9 heteroatoms. The van der Waals surface area contributed by atoms with Crippen LogP contribution in [0.3, 0.4) is 0 Å². The summed E-state index contributed by atoms with van der Waals surface area (Å²) in [7, 11) is 0. The second kappa shape index (κ2) is 7.35. The Hall–Kier alpha value is -3.33. The lowest BCUT2D eigenvalue weighted by Gasteiger charge is -2.25. The van der Waals surface area contributed by atoms with Crippen molar-refractivity contribution in [3.05, 3.63) is 64.2 Å². The summed E-state index contributed by atoms with van der Waals surface area (Å²) in [5, 5.41) is 11.8. The van der Waals surface area contributed by atoms with Crippen LogP contribution in [-0.2, 0) is 4.79 Å². The van der Waals surface area contributed by atoms with Crippen LogP contribution in [0, 0.1) is 10.1 Å². The van der Waals surface area contributed by atoms with E-state index in [2.05, 4.69) is 4.98 Å². The first-order chi connectivity index (χ1) is 13.5. The molecule has 0 spiro atoms. The number of amides is 2. The zero-order valence-corrected chi connectivity index (χ0v) is 15.6. The highest BCUT2D eigenvalue weighted by Crippen LogP contribution is 2.31. The van der Waals surface area contributed by atoms with Crippen LogP contribution in [0.25, 0.3) is 10.2 Å². The van der Waals surface area contributed by atoms with E-state index in [1.54, 1.807) is 11.0 Å². The molecule has 1 aromatic heterocycles. The van der Waals surface area contributed by atoms with E-state index < -0.39 is 10.8 Å². The Balaban J connectivity index is 1.77. The van der Waals surface area contributed by atoms with Crippen molar-refractivity contribution in [2.75, 3.05) is 18.1 Å². The molecule has 1 aliphatic rings. The van der Waals surface area contributed by atoms with Gasteiger partial charge in [0, 0.05) is 19.0 Å². The van der Waals surface area contributed by atoms with E-state index in [0.717, 1.165) is 16.6 Å². The lowest BCUT2D eigenvalue weighted by Crippen LogP contribution is -2.42. The normalized spacial score (nSPS) is 13.9. The lowest BCUT2D eigenvalue weighted by molar-refractivity contribution is -0.385. The third-order valence-electron chi connectivity index (χ3n) is 4.57. The van der Waals surface area contributed by atoms with Crippen LogP contribution in [0.2, 0.25) is 0 Å². The largest absolute Gasteiger partial charge is 0.324 e. The molecular weight excluding hydrogens is 380 g/mol. The molecule has 1 fully saturated rings. The molecule has 0 saturated carbocycles. The number of nitrogens with zero attached hydrogens (tertiary/aromatic N) is 4. The fraction of sp³-hybridized carbons (Fsp3) is 0.211. The summed E-state index contributed by atoms with van der Waals surface area (Å²) in [6.45, 7) is 0.563. The summed E-state index contributed by atoms with van der Waals surface area (Å²) in [6.07, 6.45) is 1.17. The molecule has 0 N–H and O–H groups in total. The summed E-state index contributed by atoms with van der Waals surface area (Å²) < 4.78 is 0.894. The van der Waals surface area contributed by atoms with Crippen LogP contribution in [0.15, 0.2) is 48.5 Å². The van der Waals surface area contributed by atoms with Gasteiger partial charge in [0.1, 0.15) is 12.2 Å². The van der Waals surface area contributed by atoms with E-state index in [4.69, 9.17) is 0 Å². The third kappa shape index (κ3) is 3.31. The Bertz CT molecular complexity index is 1050. The lowest BCUT2D eigenvalue weighted by atomic mass is 10.1. The summed E-state index contributed by atoms with van der Waals surface area (Å²) in [4.78, 5) is 43.7. The molecule has 2 aromatic carbocycles. The molecule has 1 aliphatic heterocycles. The molecule has 0 radical (unpaired) electrons. The van der Waals surface area contributed by atoms with Gasteiger partial charge in [-0.3, -0.25) is 24.6 Å². The van der Waals surface area contributed by atoms with Crippen molar-refractivity contribution in [1.82, 2.24) is 9.88 Å². The zero-order valence-electron chi connectivity index (χ0n) is 14.8. The summed E-state index contributed by atoms with van der Waals surface area (Å²) in [5.41, 5.74) is 0.431. The van der Waals surface area contributed by atoms with Crippen molar-refractivity contribution in [2.24, 2.45) is 0 Å². The maximum atomic E-state index is 13.3. The number of rotatable bonds is 5. The predicted molar refractivity (Wildman–Crippen MR) is 105 cm³/mol. The number of anilines is 1. The van der Waals surface area contributed by atoms with Crippen molar-refractivity contribution >= 4 is 44.2 Å². The standard InChI is InChI=1S/C19H16N4O4S/c24-17-10-5-11-21(17)12-22(19-20-14-7-2-4-9-16(14)28-19)18(25)13-6-1-3-8-15(13)23(26)27/h1-4,6-9H,5,10-12H2. The summed E-state index contributed by atoms with van der Waals surface area (Å²) in [6, 6.07) is 13.3. The van der Waals surface area contributed by atoms with Crippen LogP contribution in [0.1, 0.15) is 23.2 Å². The zero-order chi connectivity index (χ0) is 19.7. The van der Waals surface area contributed by atoms with Gasteiger partial charge in [0.15, 0.2) is 5.13 Å². The van der Waals surface area contributed by atoms with Crippen molar-refractivity contribution in [2.45, 2.75) is 12.8 Å². The highest BCUT2D eigenvalue weighted by molar-refractivity contribution is 7.22. The number of nitro benzene ring substituents is 1. The van der Waals surface area contributed by atoms with Gasteiger partial charge in [-0.1, -0.05) is 35.6 Å². The van der Waals surface area contributed by atoms with Gasteiger partial charge in [-0.05, 0) is 24.6 Å². The van der Waals surface area contributed by atoms with Crippen molar-refractivity contribution in [3.63, 3.8) is 0 Å². The molecule has 0 unspecified atom stereocenters. The Kier molecular flexibility index (Phi) is 4.74. The van der Waals surface area contributed by atoms with Gasteiger partial charge in [-0.25, -0.2) is 4.98 Å². The van der Waals surface area contributed by atoms with Crippen LogP contribution in [0.4, 0.5) is 10.8 Å². The first-order valence-electron chi connectivity index (χ1n) is 8.73. The number of carbonyl (C=O) groups is 2. The van der Waals surface area contributed by atoms with Crippen LogP contribution in [-0.4, -0.2) is 39.8 Å². The van der Waals surface area contributed by atoms with Gasteiger partial charge < -0.3 is 4.90 Å². The molecule has 3 aromatic rings. The van der Waals surface area contributed by atoms with E-state index in [9.17, 15) is 19.7 Å². The average Bonchev–Trinajstić information content (AvgIpc) is 3.31. The minimum atomic E-state index is -0.579. The number of benzene rings is 2. The summed E-state index contributed by atoms with van der Waals surface area (Å²) in [5.74, 6) is -0.590. The van der Waals surface area contributed by atoms with Crippen molar-refractivity contribution < 1.29 is 14.5 Å². The molecule has 1 saturated heterocycles. The highest BCUT2D eigenvalue weighted by atomic mass is 32.1. The minimum Gasteiger partial charge on any atom is -0.324 e. The quantitative estimate of drug-likeness (QED) is 0.486. The maximum Gasteiger partial charge on any atom is 0.282 e. The first kappa shape index (κ1) is 18.1. The van der Waals surface area contributed by atoms with Gasteiger partial charge in [-0.2, -0.15) is 0 Å². The van der Waals surface area contributed by atoms with Gasteiger partial charge >= 0.3 is 0 Å². The third-order valence-corrected chi connectivity index (χ3v) is 5.63. The van der Waals surface area contributed by atoms with Gasteiger partial charge in [0.05, 0.1) is 15.1 Å². The van der Waals surface area contributed by atoms with E-state index in [-0.39, 0.29) is 23.8 Å². The van der Waals surface area contributed by atoms with Crippen molar-refractivity contribution in [3.8, 4) is 0 Å². The minimum absolute atomic E-state index is 0.0174. The van der Waals surface area contributed by atoms with Crippen LogP contribution >= 0.6 is 11.3 Å². The van der Waals surface area contributed by atoms with E-state index in [0.29, 0.717) is 18.1 Å². The molecule has 0 atom stereocenters. The number of carbonyl (C=O) groups excluding carboxylic acids is 2. The Labute approximate surface area is 164 Å². The molecular formula is C19H16N4O4S. The number of hydrogen-bond acceptors (Lipinski definition) is 6. The second-order valence-electron chi connectivity index (χ2n) is 6.37. The number of fused-ring (bicyclic) bond motifs is 1. The van der Waals surface area contributed by atoms with Gasteiger partial charge in [0.2, 0.25) is 5.91 Å². The molecule has 2 heterocycles. The van der Waals surface area contributed by atoms with E-state index in [1.165, 1.54) is 34.4 Å².